The van der Waals surface area contributed by atoms with E-state index in [0.717, 1.165) is 0 Å². The molecular weight excluding hydrogens is 269 g/mol. The summed E-state index contributed by atoms with van der Waals surface area (Å²) >= 11 is 0. The minimum Gasteiger partial charge on any atom is -0.357 e. The predicted molar refractivity (Wildman–Crippen MR) is 84.8 cm³/mol. The van der Waals surface area contributed by atoms with Gasteiger partial charge in [0, 0.05) is 12.1 Å². The van der Waals surface area contributed by atoms with E-state index >= 15 is 0 Å². The van der Waals surface area contributed by atoms with Gasteiger partial charge in [0.25, 0.3) is 0 Å². The number of nitrogens with zero attached hydrogens (tertiary/aromatic N) is 1. The summed E-state index contributed by atoms with van der Waals surface area (Å²) in [5.74, 6) is -0.451. The number of rotatable bonds is 6. The lowest BCUT2D eigenvalue weighted by Gasteiger charge is -2.33. The molecule has 0 radical (unpaired) electrons. The topological polar surface area (TPSA) is 58.4 Å². The molecule has 4 nitrogen and oxygen atoms in total. The van der Waals surface area contributed by atoms with Crippen LogP contribution in [0.25, 0.3) is 0 Å². The summed E-state index contributed by atoms with van der Waals surface area (Å²) in [6.45, 7) is 8.58. The van der Waals surface area contributed by atoms with Crippen LogP contribution in [0.4, 0.5) is 10.1 Å². The molecule has 0 spiro atoms. The summed E-state index contributed by atoms with van der Waals surface area (Å²) in [4.78, 5) is 14.1. The number of carbonyl (C=O) groups is 1. The van der Waals surface area contributed by atoms with Gasteiger partial charge in [0.1, 0.15) is 11.9 Å². The molecule has 118 valence electrons. The van der Waals surface area contributed by atoms with Gasteiger partial charge in [0.2, 0.25) is 5.91 Å². The van der Waals surface area contributed by atoms with Crippen LogP contribution >= 0.6 is 0 Å². The molecule has 0 heterocycles. The van der Waals surface area contributed by atoms with E-state index < -0.39 is 6.04 Å². The van der Waals surface area contributed by atoms with Crippen LogP contribution in [-0.4, -0.2) is 30.6 Å². The van der Waals surface area contributed by atoms with Gasteiger partial charge < -0.3 is 16.0 Å². The first kappa shape index (κ1) is 17.4. The lowest BCUT2D eigenvalue weighted by molar-refractivity contribution is -0.123. The summed E-state index contributed by atoms with van der Waals surface area (Å²) in [6, 6.07) is 6.03. The molecule has 5 heteroatoms. The molecule has 1 unspecified atom stereocenters. The lowest BCUT2D eigenvalue weighted by atomic mass is 10.1. The Morgan fingerprint density at radius 3 is 2.52 bits per heavy atom. The highest BCUT2D eigenvalue weighted by Gasteiger charge is 2.26. The van der Waals surface area contributed by atoms with Gasteiger partial charge in [-0.15, -0.1) is 0 Å². The molecule has 1 aromatic rings. The van der Waals surface area contributed by atoms with Crippen LogP contribution in [0.3, 0.4) is 0 Å². The molecule has 1 amide bonds. The molecule has 0 saturated carbocycles. The van der Waals surface area contributed by atoms with E-state index in [9.17, 15) is 9.18 Å². The second-order valence-electron chi connectivity index (χ2n) is 6.20. The van der Waals surface area contributed by atoms with E-state index in [-0.39, 0.29) is 17.3 Å². The first-order chi connectivity index (χ1) is 9.76. The molecule has 0 bridgehead atoms. The summed E-state index contributed by atoms with van der Waals surface area (Å²) in [5, 5.41) is 2.93. The van der Waals surface area contributed by atoms with Crippen molar-refractivity contribution in [3.05, 3.63) is 30.1 Å². The Morgan fingerprint density at radius 1 is 1.38 bits per heavy atom. The average Bonchev–Trinajstić information content (AvgIpc) is 2.38. The van der Waals surface area contributed by atoms with Gasteiger partial charge in [-0.25, -0.2) is 4.39 Å². The number of amides is 1. The number of hydrogen-bond acceptors (Lipinski definition) is 3. The average molecular weight is 295 g/mol. The van der Waals surface area contributed by atoms with Gasteiger partial charge in [-0.2, -0.15) is 0 Å². The van der Waals surface area contributed by atoms with Crippen molar-refractivity contribution in [2.75, 3.05) is 18.0 Å². The Balaban J connectivity index is 2.97. The van der Waals surface area contributed by atoms with Crippen molar-refractivity contribution in [2.45, 2.75) is 45.7 Å². The standard InChI is InChI=1S/C16H26FN3O/c1-12(15(21)19-16(2,3)4)20(11-7-10-18)14-9-6-5-8-13(14)17/h5-6,8-9,12H,7,10-11,18H2,1-4H3,(H,19,21). The zero-order chi connectivity index (χ0) is 16.0. The zero-order valence-corrected chi connectivity index (χ0v) is 13.3. The van der Waals surface area contributed by atoms with E-state index in [0.29, 0.717) is 25.2 Å². The maximum absolute atomic E-state index is 14.0. The Kier molecular flexibility index (Phi) is 6.15. The first-order valence-corrected chi connectivity index (χ1v) is 7.29. The van der Waals surface area contributed by atoms with Crippen molar-refractivity contribution in [3.63, 3.8) is 0 Å². The Hall–Kier alpha value is -1.62. The Labute approximate surface area is 126 Å². The molecule has 0 fully saturated rings. The molecule has 1 rings (SSSR count). The van der Waals surface area contributed by atoms with E-state index in [2.05, 4.69) is 5.32 Å². The van der Waals surface area contributed by atoms with Crippen molar-refractivity contribution >= 4 is 11.6 Å². The highest BCUT2D eigenvalue weighted by atomic mass is 19.1. The summed E-state index contributed by atoms with van der Waals surface area (Å²) in [6.07, 6.45) is 0.696. The van der Waals surface area contributed by atoms with Crippen molar-refractivity contribution in [2.24, 2.45) is 5.73 Å². The molecule has 0 aliphatic heterocycles. The predicted octanol–water partition coefficient (Wildman–Crippen LogP) is 2.28. The van der Waals surface area contributed by atoms with Crippen molar-refractivity contribution in [3.8, 4) is 0 Å². The zero-order valence-electron chi connectivity index (χ0n) is 13.3. The van der Waals surface area contributed by atoms with Crippen LogP contribution in [0.15, 0.2) is 24.3 Å². The molecule has 3 N–H and O–H groups in total. The third-order valence-electron chi connectivity index (χ3n) is 3.11. The van der Waals surface area contributed by atoms with Crippen LogP contribution in [0.2, 0.25) is 0 Å². The quantitative estimate of drug-likeness (QED) is 0.846. The van der Waals surface area contributed by atoms with Crippen LogP contribution < -0.4 is 16.0 Å². The van der Waals surface area contributed by atoms with Gasteiger partial charge in [0.05, 0.1) is 5.69 Å². The monoisotopic (exact) mass is 295 g/mol. The highest BCUT2D eigenvalue weighted by Crippen LogP contribution is 2.21. The fourth-order valence-electron chi connectivity index (χ4n) is 2.08. The van der Waals surface area contributed by atoms with Crippen LogP contribution in [0.1, 0.15) is 34.1 Å². The molecule has 1 atom stereocenters. The number of anilines is 1. The van der Waals surface area contributed by atoms with E-state index in [1.807, 2.05) is 20.8 Å². The third-order valence-corrected chi connectivity index (χ3v) is 3.11. The maximum atomic E-state index is 14.0. The number of para-hydroxylation sites is 1. The Morgan fingerprint density at radius 2 is 2.00 bits per heavy atom. The second-order valence-corrected chi connectivity index (χ2v) is 6.20. The van der Waals surface area contributed by atoms with Crippen LogP contribution in [-0.2, 0) is 4.79 Å². The molecule has 0 aliphatic rings. The molecule has 1 aromatic carbocycles. The minimum absolute atomic E-state index is 0.122. The highest BCUT2D eigenvalue weighted by molar-refractivity contribution is 5.85. The SMILES string of the molecule is CC(C(=O)NC(C)(C)C)N(CCCN)c1ccccc1F. The number of carbonyl (C=O) groups excluding carboxylic acids is 1. The minimum atomic E-state index is -0.465. The number of hydrogen-bond donors (Lipinski definition) is 2. The molecule has 0 saturated heterocycles. The first-order valence-electron chi connectivity index (χ1n) is 7.29. The molecule has 0 aliphatic carbocycles. The molecule has 0 aromatic heterocycles. The fourth-order valence-corrected chi connectivity index (χ4v) is 2.08. The van der Waals surface area contributed by atoms with Gasteiger partial charge in [0.15, 0.2) is 0 Å². The lowest BCUT2D eigenvalue weighted by Crippen LogP contribution is -2.51. The van der Waals surface area contributed by atoms with E-state index in [4.69, 9.17) is 5.73 Å². The summed E-state index contributed by atoms with van der Waals surface area (Å²) in [7, 11) is 0. The maximum Gasteiger partial charge on any atom is 0.242 e. The number of benzene rings is 1. The molecule has 21 heavy (non-hydrogen) atoms. The summed E-state index contributed by atoms with van der Waals surface area (Å²) in [5.41, 5.74) is 5.66. The second kappa shape index (κ2) is 7.41. The van der Waals surface area contributed by atoms with Gasteiger partial charge in [-0.1, -0.05) is 12.1 Å². The van der Waals surface area contributed by atoms with Crippen molar-refractivity contribution in [1.29, 1.82) is 0 Å². The van der Waals surface area contributed by atoms with E-state index in [1.165, 1.54) is 6.07 Å². The van der Waals surface area contributed by atoms with Crippen molar-refractivity contribution in [1.82, 2.24) is 5.32 Å². The van der Waals surface area contributed by atoms with Gasteiger partial charge >= 0.3 is 0 Å². The number of halogens is 1. The van der Waals surface area contributed by atoms with Crippen molar-refractivity contribution < 1.29 is 9.18 Å². The fraction of sp³-hybridized carbons (Fsp3) is 0.562. The van der Waals surface area contributed by atoms with E-state index in [1.54, 1.807) is 30.0 Å². The normalized spacial score (nSPS) is 12.9. The molecular formula is C16H26FN3O. The smallest absolute Gasteiger partial charge is 0.242 e. The van der Waals surface area contributed by atoms with Gasteiger partial charge in [-0.3, -0.25) is 4.79 Å². The number of nitrogens with two attached hydrogens (primary N) is 1. The summed E-state index contributed by atoms with van der Waals surface area (Å²) < 4.78 is 14.0. The Bertz CT molecular complexity index is 471. The van der Waals surface area contributed by atoms with Crippen LogP contribution in [0.5, 0.6) is 0 Å². The largest absolute Gasteiger partial charge is 0.357 e. The van der Waals surface area contributed by atoms with Gasteiger partial charge in [-0.05, 0) is 52.8 Å². The third kappa shape index (κ3) is 5.34. The van der Waals surface area contributed by atoms with Crippen LogP contribution in [0, 0.1) is 5.82 Å². The number of nitrogens with one attached hydrogen (secondary N) is 1.